The maximum Gasteiger partial charge on any atom is 0.573 e. The molecule has 0 saturated carbocycles. The quantitative estimate of drug-likeness (QED) is 0.267. The molecule has 0 radical (unpaired) electrons. The first-order valence-corrected chi connectivity index (χ1v) is 10.5. The van der Waals surface area contributed by atoms with E-state index in [4.69, 9.17) is 16.3 Å². The topological polar surface area (TPSA) is 76.1 Å². The fourth-order valence-corrected chi connectivity index (χ4v) is 4.05. The Balaban J connectivity index is 1.92. The Labute approximate surface area is 202 Å². The summed E-state index contributed by atoms with van der Waals surface area (Å²) >= 11 is 6.26. The average Bonchev–Trinajstić information content (AvgIpc) is 3.09. The van der Waals surface area contributed by atoms with Crippen LogP contribution in [0.1, 0.15) is 17.2 Å². The lowest BCUT2D eigenvalue weighted by Gasteiger charge is -2.26. The minimum absolute atomic E-state index is 0.0292. The number of nitrogens with zero attached hydrogens (tertiary/aromatic N) is 1. The molecule has 1 saturated heterocycles. The van der Waals surface area contributed by atoms with E-state index in [2.05, 4.69) is 4.74 Å². The third kappa shape index (κ3) is 4.81. The largest absolute Gasteiger partial charge is 0.573 e. The maximum absolute atomic E-state index is 13.2. The molecule has 1 fully saturated rings. The van der Waals surface area contributed by atoms with Gasteiger partial charge in [-0.15, -0.1) is 13.2 Å². The number of hydrogen-bond acceptors (Lipinski definition) is 5. The van der Waals surface area contributed by atoms with Gasteiger partial charge in [0.05, 0.1) is 23.7 Å². The van der Waals surface area contributed by atoms with Gasteiger partial charge in [-0.05, 0) is 35.9 Å². The number of carbonyl (C=O) groups is 2. The van der Waals surface area contributed by atoms with Crippen LogP contribution < -0.4 is 14.4 Å². The molecule has 1 aliphatic heterocycles. The number of ketones is 1. The number of carbonyl (C=O) groups excluding carboxylic acids is 2. The zero-order valence-corrected chi connectivity index (χ0v) is 18.8. The Kier molecular flexibility index (Phi) is 6.45. The fourth-order valence-electron chi connectivity index (χ4n) is 3.84. The van der Waals surface area contributed by atoms with E-state index in [0.717, 1.165) is 17.0 Å². The SMILES string of the molecule is COc1ccc(Cl)c(/C(O)=C2\C(=O)C(=O)N(c3cccc(OC(F)(F)F)c3)C2c2ccccc2)c1. The number of ether oxygens (including phenoxy) is 2. The van der Waals surface area contributed by atoms with Crippen LogP contribution in [0.25, 0.3) is 5.76 Å². The van der Waals surface area contributed by atoms with Crippen molar-refractivity contribution in [2.75, 3.05) is 12.0 Å². The summed E-state index contributed by atoms with van der Waals surface area (Å²) in [5.41, 5.74) is 0.186. The Morgan fingerprint density at radius 2 is 1.69 bits per heavy atom. The van der Waals surface area contributed by atoms with E-state index in [1.807, 2.05) is 0 Å². The van der Waals surface area contributed by atoms with Crippen LogP contribution in [0.3, 0.4) is 0 Å². The zero-order valence-electron chi connectivity index (χ0n) is 18.0. The molecule has 0 bridgehead atoms. The molecule has 10 heteroatoms. The van der Waals surface area contributed by atoms with E-state index in [0.29, 0.717) is 11.3 Å². The van der Waals surface area contributed by atoms with Crippen LogP contribution in [-0.4, -0.2) is 30.3 Å². The number of aliphatic hydroxyl groups is 1. The standard InChI is InChI=1S/C25H17ClF3NO5/c1-34-16-10-11-19(26)18(13-16)22(31)20-21(14-6-3-2-4-7-14)30(24(33)23(20)32)15-8-5-9-17(12-15)35-25(27,28)29/h2-13,21,31H,1H3/b22-20+. The van der Waals surface area contributed by atoms with Crippen LogP contribution in [0.5, 0.6) is 11.5 Å². The van der Waals surface area contributed by atoms with Crippen molar-refractivity contribution in [2.24, 2.45) is 0 Å². The summed E-state index contributed by atoms with van der Waals surface area (Å²) in [4.78, 5) is 27.3. The predicted octanol–water partition coefficient (Wildman–Crippen LogP) is 5.87. The molecule has 3 aromatic rings. The molecule has 4 rings (SSSR count). The first-order valence-electron chi connectivity index (χ1n) is 10.2. The van der Waals surface area contributed by atoms with Gasteiger partial charge in [0.1, 0.15) is 17.3 Å². The third-order valence-corrected chi connectivity index (χ3v) is 5.65. The molecule has 1 amide bonds. The minimum atomic E-state index is -4.95. The lowest BCUT2D eigenvalue weighted by atomic mass is 9.95. The van der Waals surface area contributed by atoms with E-state index in [-0.39, 0.29) is 21.8 Å². The number of rotatable bonds is 5. The normalized spacial score (nSPS) is 17.5. The molecule has 35 heavy (non-hydrogen) atoms. The number of alkyl halides is 3. The summed E-state index contributed by atoms with van der Waals surface area (Å²) in [5, 5.41) is 11.3. The van der Waals surface area contributed by atoms with Gasteiger partial charge in [-0.3, -0.25) is 14.5 Å². The highest BCUT2D eigenvalue weighted by atomic mass is 35.5. The van der Waals surface area contributed by atoms with Crippen LogP contribution in [0.2, 0.25) is 5.02 Å². The number of methoxy groups -OCH3 is 1. The smallest absolute Gasteiger partial charge is 0.507 e. The van der Waals surface area contributed by atoms with Gasteiger partial charge < -0.3 is 14.6 Å². The van der Waals surface area contributed by atoms with E-state index < -0.39 is 35.6 Å². The van der Waals surface area contributed by atoms with E-state index in [1.165, 1.54) is 31.4 Å². The predicted molar refractivity (Wildman–Crippen MR) is 122 cm³/mol. The summed E-state index contributed by atoms with van der Waals surface area (Å²) < 4.78 is 47.4. The molecule has 1 aliphatic rings. The molecule has 1 N–H and O–H groups in total. The zero-order chi connectivity index (χ0) is 25.3. The molecule has 1 atom stereocenters. The van der Waals surface area contributed by atoms with Crippen LogP contribution in [0.15, 0.2) is 78.4 Å². The Morgan fingerprint density at radius 1 is 0.971 bits per heavy atom. The monoisotopic (exact) mass is 503 g/mol. The number of Topliss-reactive ketones (excluding diaryl/α,β-unsaturated/α-hetero) is 1. The number of benzene rings is 3. The van der Waals surface area contributed by atoms with Crippen LogP contribution in [0.4, 0.5) is 18.9 Å². The van der Waals surface area contributed by atoms with Gasteiger partial charge >= 0.3 is 6.36 Å². The van der Waals surface area contributed by atoms with Crippen molar-refractivity contribution in [2.45, 2.75) is 12.4 Å². The molecule has 1 unspecified atom stereocenters. The first kappa shape index (κ1) is 24.2. The molecule has 3 aromatic carbocycles. The van der Waals surface area contributed by atoms with Gasteiger partial charge in [0, 0.05) is 17.3 Å². The van der Waals surface area contributed by atoms with Crippen molar-refractivity contribution in [1.82, 2.24) is 0 Å². The van der Waals surface area contributed by atoms with Gasteiger partial charge in [0.25, 0.3) is 11.7 Å². The second-order valence-electron chi connectivity index (χ2n) is 7.47. The fraction of sp³-hybridized carbons (Fsp3) is 0.120. The highest BCUT2D eigenvalue weighted by Gasteiger charge is 2.47. The van der Waals surface area contributed by atoms with E-state index in [1.54, 1.807) is 36.4 Å². The summed E-state index contributed by atoms with van der Waals surface area (Å²) in [6.07, 6.45) is -4.95. The van der Waals surface area contributed by atoms with Crippen molar-refractivity contribution >= 4 is 34.7 Å². The van der Waals surface area contributed by atoms with Crippen LogP contribution >= 0.6 is 11.6 Å². The Hall–Kier alpha value is -3.98. The van der Waals surface area contributed by atoms with Gasteiger partial charge in [-0.2, -0.15) is 0 Å². The van der Waals surface area contributed by atoms with Gasteiger partial charge in [0.15, 0.2) is 0 Å². The summed E-state index contributed by atoms with van der Waals surface area (Å²) in [6.45, 7) is 0. The lowest BCUT2D eigenvalue weighted by molar-refractivity contribution is -0.274. The second kappa shape index (κ2) is 9.34. The number of amides is 1. The van der Waals surface area contributed by atoms with Crippen molar-refractivity contribution in [3.63, 3.8) is 0 Å². The average molecular weight is 504 g/mol. The van der Waals surface area contributed by atoms with Gasteiger partial charge in [-0.1, -0.05) is 48.0 Å². The number of hydrogen-bond donors (Lipinski definition) is 1. The molecule has 0 aliphatic carbocycles. The number of anilines is 1. The molecular weight excluding hydrogens is 487 g/mol. The second-order valence-corrected chi connectivity index (χ2v) is 7.88. The van der Waals surface area contributed by atoms with Crippen molar-refractivity contribution in [3.05, 3.63) is 94.5 Å². The Bertz CT molecular complexity index is 1320. The summed E-state index contributed by atoms with van der Waals surface area (Å²) in [6, 6.07) is 16.2. The number of aliphatic hydroxyl groups excluding tert-OH is 1. The molecule has 0 aromatic heterocycles. The third-order valence-electron chi connectivity index (χ3n) is 5.32. The molecule has 180 valence electrons. The maximum atomic E-state index is 13.2. The van der Waals surface area contributed by atoms with Crippen LogP contribution in [-0.2, 0) is 9.59 Å². The summed E-state index contributed by atoms with van der Waals surface area (Å²) in [5.74, 6) is -2.84. The van der Waals surface area contributed by atoms with Gasteiger partial charge in [-0.25, -0.2) is 0 Å². The summed E-state index contributed by atoms with van der Waals surface area (Å²) in [7, 11) is 1.41. The molecule has 1 heterocycles. The molecule has 0 spiro atoms. The van der Waals surface area contributed by atoms with Crippen molar-refractivity contribution in [1.29, 1.82) is 0 Å². The molecular formula is C25H17ClF3NO5. The first-order chi connectivity index (χ1) is 16.6. The van der Waals surface area contributed by atoms with Gasteiger partial charge in [0.2, 0.25) is 0 Å². The highest BCUT2D eigenvalue weighted by molar-refractivity contribution is 6.52. The highest BCUT2D eigenvalue weighted by Crippen LogP contribution is 2.44. The Morgan fingerprint density at radius 3 is 2.34 bits per heavy atom. The van der Waals surface area contributed by atoms with E-state index in [9.17, 15) is 27.9 Å². The molecule has 6 nitrogen and oxygen atoms in total. The minimum Gasteiger partial charge on any atom is -0.507 e. The van der Waals surface area contributed by atoms with Crippen LogP contribution in [0, 0.1) is 0 Å². The lowest BCUT2D eigenvalue weighted by Crippen LogP contribution is -2.29. The van der Waals surface area contributed by atoms with Crippen molar-refractivity contribution < 1.29 is 37.3 Å². The number of halogens is 4. The van der Waals surface area contributed by atoms with Crippen molar-refractivity contribution in [3.8, 4) is 11.5 Å². The van der Waals surface area contributed by atoms with E-state index >= 15 is 0 Å².